The molecule has 2 saturated heterocycles. The summed E-state index contributed by atoms with van der Waals surface area (Å²) in [6.07, 6.45) is -12.6. The van der Waals surface area contributed by atoms with Crippen molar-refractivity contribution in [1.29, 1.82) is 0 Å². The zero-order chi connectivity index (χ0) is 32.1. The Labute approximate surface area is 251 Å². The number of aliphatic hydroxyl groups is 5. The lowest BCUT2D eigenvalue weighted by Gasteiger charge is -2.46. The molecule has 0 aliphatic carbocycles. The van der Waals surface area contributed by atoms with E-state index in [0.717, 1.165) is 6.08 Å². The molecule has 2 aliphatic heterocycles. The number of aliphatic hydroxyl groups excluding tert-OH is 5. The van der Waals surface area contributed by atoms with E-state index in [2.05, 4.69) is 0 Å². The molecule has 0 saturated carbocycles. The molecule has 0 spiro atoms. The van der Waals surface area contributed by atoms with Crippen molar-refractivity contribution >= 4 is 12.0 Å². The van der Waals surface area contributed by atoms with Crippen molar-refractivity contribution in [2.45, 2.75) is 74.8 Å². The number of carbonyl (C=O) groups excluding carboxylic acids is 1. The zero-order valence-electron chi connectivity index (χ0n) is 23.5. The summed E-state index contributed by atoms with van der Waals surface area (Å²) in [5.74, 6) is -2.40. The van der Waals surface area contributed by atoms with Crippen molar-refractivity contribution in [3.8, 4) is 23.0 Å². The first-order valence-electron chi connectivity index (χ1n) is 13.7. The van der Waals surface area contributed by atoms with Gasteiger partial charge in [0.25, 0.3) is 0 Å². The maximum atomic E-state index is 12.8. The average Bonchev–Trinajstić information content (AvgIpc) is 2.99. The molecule has 0 bridgehead atoms. The molecule has 9 N–H and O–H groups in total. The number of aromatic hydroxyl groups is 4. The second kappa shape index (κ2) is 14.5. The normalized spacial score (nSPS) is 32.5. The highest BCUT2D eigenvalue weighted by molar-refractivity contribution is 5.87. The Morgan fingerprint density at radius 1 is 0.818 bits per heavy atom. The number of hydrogen-bond acceptors (Lipinski definition) is 15. The van der Waals surface area contributed by atoms with Gasteiger partial charge < -0.3 is 69.6 Å². The number of rotatable bonds is 10. The Morgan fingerprint density at radius 3 is 2.16 bits per heavy atom. The van der Waals surface area contributed by atoms with Crippen LogP contribution in [0.5, 0.6) is 23.0 Å². The largest absolute Gasteiger partial charge is 0.504 e. The number of hydrogen-bond donors (Lipinski definition) is 9. The summed E-state index contributed by atoms with van der Waals surface area (Å²) in [5.41, 5.74) is 0.914. The molecule has 15 nitrogen and oxygen atoms in total. The number of benzene rings is 2. The first-order valence-corrected chi connectivity index (χ1v) is 13.7. The van der Waals surface area contributed by atoms with Gasteiger partial charge in [0.2, 0.25) is 0 Å². The maximum absolute atomic E-state index is 12.8. The Bertz CT molecular complexity index is 1300. The van der Waals surface area contributed by atoms with Crippen molar-refractivity contribution in [3.05, 3.63) is 53.6 Å². The second-order valence-electron chi connectivity index (χ2n) is 10.4. The molecule has 2 heterocycles. The quantitative estimate of drug-likeness (QED) is 0.0873. The first kappa shape index (κ1) is 33.4. The van der Waals surface area contributed by atoms with Crippen molar-refractivity contribution in [3.63, 3.8) is 0 Å². The van der Waals surface area contributed by atoms with Crippen LogP contribution in [0.25, 0.3) is 6.08 Å². The summed E-state index contributed by atoms with van der Waals surface area (Å²) < 4.78 is 28.2. The van der Waals surface area contributed by atoms with Crippen molar-refractivity contribution in [2.75, 3.05) is 13.2 Å². The molecule has 0 radical (unpaired) electrons. The zero-order valence-corrected chi connectivity index (χ0v) is 23.5. The molecule has 10 atom stereocenters. The van der Waals surface area contributed by atoms with Crippen molar-refractivity contribution < 1.29 is 74.4 Å². The van der Waals surface area contributed by atoms with Crippen LogP contribution in [0.15, 0.2) is 42.5 Å². The van der Waals surface area contributed by atoms with Crippen LogP contribution in [0.3, 0.4) is 0 Å². The monoisotopic (exact) mass is 624 g/mol. The van der Waals surface area contributed by atoms with Gasteiger partial charge in [-0.25, -0.2) is 4.79 Å². The highest BCUT2D eigenvalue weighted by Gasteiger charge is 2.52. The summed E-state index contributed by atoms with van der Waals surface area (Å²) in [6, 6.07) is 7.98. The molecule has 2 aliphatic rings. The van der Waals surface area contributed by atoms with Gasteiger partial charge in [0.05, 0.1) is 19.3 Å². The standard InChI is InChI=1S/C29H36O15/c1-13-22(36)23(37)24(38)29(41-13)44-27-25(39)28(40-9-8-15-3-6-17(32)19(34)11-15)42-20(12-30)26(27)43-21(35)7-4-14-2-5-16(31)18(33)10-14/h2-7,10-11,13,20,22-34,36-39H,8-9,12H2,1H3/t13?,20?,22-,23-,24?,25-,26+,27?,28+,29?/m0/s1. The predicted octanol–water partition coefficient (Wildman–Crippen LogP) is -1.02. The summed E-state index contributed by atoms with van der Waals surface area (Å²) in [5, 5.41) is 90.5. The molecule has 5 unspecified atom stereocenters. The Hall–Kier alpha value is -3.51. The maximum Gasteiger partial charge on any atom is 0.331 e. The minimum atomic E-state index is -1.77. The van der Waals surface area contributed by atoms with Crippen LogP contribution in [0.2, 0.25) is 0 Å². The van der Waals surface area contributed by atoms with Gasteiger partial charge in [-0.15, -0.1) is 0 Å². The summed E-state index contributed by atoms with van der Waals surface area (Å²) in [6.45, 7) is 0.606. The molecule has 0 amide bonds. The average molecular weight is 625 g/mol. The van der Waals surface area contributed by atoms with Gasteiger partial charge >= 0.3 is 5.97 Å². The van der Waals surface area contributed by atoms with E-state index in [1.165, 1.54) is 43.3 Å². The van der Waals surface area contributed by atoms with Crippen LogP contribution in [0, 0.1) is 0 Å². The van der Waals surface area contributed by atoms with E-state index in [0.29, 0.717) is 11.1 Å². The fourth-order valence-electron chi connectivity index (χ4n) is 4.76. The van der Waals surface area contributed by atoms with Gasteiger partial charge in [-0.3, -0.25) is 0 Å². The molecule has 0 aromatic heterocycles. The Kier molecular flexibility index (Phi) is 11.0. The van der Waals surface area contributed by atoms with Crippen molar-refractivity contribution in [1.82, 2.24) is 0 Å². The first-order chi connectivity index (χ1) is 20.9. The lowest BCUT2D eigenvalue weighted by Crippen LogP contribution is -2.65. The molecule has 242 valence electrons. The van der Waals surface area contributed by atoms with Gasteiger partial charge in [0.1, 0.15) is 36.6 Å². The molecule has 2 aromatic rings. The minimum absolute atomic E-state index is 0.0754. The lowest BCUT2D eigenvalue weighted by molar-refractivity contribution is -0.357. The number of carbonyl (C=O) groups is 1. The minimum Gasteiger partial charge on any atom is -0.504 e. The van der Waals surface area contributed by atoms with Crippen LogP contribution in [-0.2, 0) is 34.9 Å². The number of ether oxygens (including phenoxy) is 5. The van der Waals surface area contributed by atoms with Crippen molar-refractivity contribution in [2.24, 2.45) is 0 Å². The topological polar surface area (TPSA) is 245 Å². The van der Waals surface area contributed by atoms with Gasteiger partial charge in [-0.2, -0.15) is 0 Å². The van der Waals surface area contributed by atoms with E-state index in [-0.39, 0.29) is 30.3 Å². The third-order valence-electron chi connectivity index (χ3n) is 7.27. The van der Waals surface area contributed by atoms with E-state index >= 15 is 0 Å². The molecule has 4 rings (SSSR count). The van der Waals surface area contributed by atoms with Gasteiger partial charge in [-0.1, -0.05) is 12.1 Å². The fourth-order valence-corrected chi connectivity index (χ4v) is 4.76. The van der Waals surface area contributed by atoms with Gasteiger partial charge in [-0.05, 0) is 54.8 Å². The summed E-state index contributed by atoms with van der Waals surface area (Å²) in [4.78, 5) is 12.8. The predicted molar refractivity (Wildman–Crippen MR) is 147 cm³/mol. The van der Waals surface area contributed by atoms with Crippen LogP contribution in [0.1, 0.15) is 18.1 Å². The molecule has 15 heteroatoms. The number of phenols is 4. The SMILES string of the molecule is CC1OC(OC2[C@H](OC(=O)C=Cc3ccc(O)c(O)c3)C(CO)O[C@@H](OCCc3ccc(O)c(O)c3)[C@H]2O)C(O)[C@@H](O)[C@H]1O. The molecule has 2 fully saturated rings. The van der Waals surface area contributed by atoms with E-state index in [1.54, 1.807) is 6.07 Å². The molecule has 44 heavy (non-hydrogen) atoms. The Balaban J connectivity index is 1.52. The summed E-state index contributed by atoms with van der Waals surface area (Å²) >= 11 is 0. The van der Waals surface area contributed by atoms with Gasteiger partial charge in [0, 0.05) is 6.08 Å². The molecule has 2 aromatic carbocycles. The third-order valence-corrected chi connectivity index (χ3v) is 7.27. The smallest absolute Gasteiger partial charge is 0.331 e. The van der Waals surface area contributed by atoms with Crippen LogP contribution in [0.4, 0.5) is 0 Å². The number of esters is 1. The third kappa shape index (κ3) is 7.76. The van der Waals surface area contributed by atoms with Crippen LogP contribution >= 0.6 is 0 Å². The van der Waals surface area contributed by atoms with Crippen LogP contribution in [-0.4, -0.2) is 127 Å². The van der Waals surface area contributed by atoms with E-state index < -0.39 is 79.7 Å². The highest BCUT2D eigenvalue weighted by Crippen LogP contribution is 2.32. The van der Waals surface area contributed by atoms with E-state index in [4.69, 9.17) is 23.7 Å². The van der Waals surface area contributed by atoms with E-state index in [9.17, 15) is 50.8 Å². The second-order valence-corrected chi connectivity index (χ2v) is 10.4. The molecular weight excluding hydrogens is 588 g/mol. The van der Waals surface area contributed by atoms with Crippen LogP contribution < -0.4 is 0 Å². The van der Waals surface area contributed by atoms with E-state index in [1.807, 2.05) is 0 Å². The number of phenolic OH excluding ortho intramolecular Hbond substituents is 4. The lowest BCUT2D eigenvalue weighted by atomic mass is 9.97. The Morgan fingerprint density at radius 2 is 1.50 bits per heavy atom. The van der Waals surface area contributed by atoms with Gasteiger partial charge in [0.15, 0.2) is 41.7 Å². The molecular formula is C29H36O15. The highest BCUT2D eigenvalue weighted by atomic mass is 16.7. The fraction of sp³-hybridized carbons (Fsp3) is 0.483. The summed E-state index contributed by atoms with van der Waals surface area (Å²) in [7, 11) is 0.